The van der Waals surface area contributed by atoms with Crippen LogP contribution in [-0.2, 0) is 11.3 Å². The van der Waals surface area contributed by atoms with E-state index in [0.717, 1.165) is 31.2 Å². The third-order valence-electron chi connectivity index (χ3n) is 4.82. The molecule has 7 nitrogen and oxygen atoms in total. The Morgan fingerprint density at radius 2 is 2.03 bits per heavy atom. The first kappa shape index (κ1) is 21.2. The molecule has 0 saturated carbocycles. The maximum atomic E-state index is 12.7. The SMILES string of the molecule is Cc1cnn(CC(=O)N2CCCCNC(=O)c3cc(Cl)ccc3OCCCC2)c1. The Balaban J connectivity index is 1.62. The van der Waals surface area contributed by atoms with Crippen LogP contribution >= 0.6 is 11.6 Å². The smallest absolute Gasteiger partial charge is 0.255 e. The third-order valence-corrected chi connectivity index (χ3v) is 5.05. The van der Waals surface area contributed by atoms with Crippen molar-refractivity contribution in [2.45, 2.75) is 39.2 Å². The van der Waals surface area contributed by atoms with Crippen LogP contribution in [0.4, 0.5) is 0 Å². The van der Waals surface area contributed by atoms with Crippen LogP contribution in [0.15, 0.2) is 30.6 Å². The highest BCUT2D eigenvalue weighted by atomic mass is 35.5. The summed E-state index contributed by atoms with van der Waals surface area (Å²) >= 11 is 6.04. The summed E-state index contributed by atoms with van der Waals surface area (Å²) in [5, 5.41) is 7.62. The Hall–Kier alpha value is -2.54. The van der Waals surface area contributed by atoms with Gasteiger partial charge in [0, 0.05) is 30.9 Å². The summed E-state index contributed by atoms with van der Waals surface area (Å²) in [7, 11) is 0. The lowest BCUT2D eigenvalue weighted by atomic mass is 10.1. The number of carbonyl (C=O) groups excluding carboxylic acids is 2. The molecular formula is C21H27ClN4O3. The second-order valence-electron chi connectivity index (χ2n) is 7.26. The summed E-state index contributed by atoms with van der Waals surface area (Å²) in [5.41, 5.74) is 1.49. The van der Waals surface area contributed by atoms with Gasteiger partial charge in [-0.3, -0.25) is 14.3 Å². The van der Waals surface area contributed by atoms with Crippen molar-refractivity contribution in [2.24, 2.45) is 0 Å². The van der Waals surface area contributed by atoms with E-state index in [2.05, 4.69) is 10.4 Å². The molecule has 2 aromatic rings. The lowest BCUT2D eigenvalue weighted by Gasteiger charge is -2.23. The normalized spacial score (nSPS) is 16.3. The fourth-order valence-electron chi connectivity index (χ4n) is 3.27. The molecule has 8 heteroatoms. The Labute approximate surface area is 176 Å². The number of benzene rings is 1. The number of nitrogens with zero attached hydrogens (tertiary/aromatic N) is 3. The van der Waals surface area contributed by atoms with Gasteiger partial charge in [0.1, 0.15) is 12.3 Å². The number of rotatable bonds is 2. The molecule has 0 bridgehead atoms. The molecule has 3 rings (SSSR count). The largest absolute Gasteiger partial charge is 0.493 e. The Morgan fingerprint density at radius 1 is 1.24 bits per heavy atom. The molecule has 1 N–H and O–H groups in total. The van der Waals surface area contributed by atoms with E-state index in [9.17, 15) is 9.59 Å². The minimum Gasteiger partial charge on any atom is -0.493 e. The van der Waals surface area contributed by atoms with Crippen molar-refractivity contribution >= 4 is 23.4 Å². The highest BCUT2D eigenvalue weighted by Gasteiger charge is 2.16. The summed E-state index contributed by atoms with van der Waals surface area (Å²) < 4.78 is 7.49. The predicted octanol–water partition coefficient (Wildman–Crippen LogP) is 3.06. The second-order valence-corrected chi connectivity index (χ2v) is 7.69. The van der Waals surface area contributed by atoms with E-state index in [4.69, 9.17) is 16.3 Å². The number of halogens is 1. The lowest BCUT2D eigenvalue weighted by molar-refractivity contribution is -0.132. The van der Waals surface area contributed by atoms with E-state index in [1.165, 1.54) is 0 Å². The van der Waals surface area contributed by atoms with E-state index >= 15 is 0 Å². The van der Waals surface area contributed by atoms with Gasteiger partial charge in [0.05, 0.1) is 18.4 Å². The van der Waals surface area contributed by atoms with Crippen LogP contribution in [0.5, 0.6) is 5.75 Å². The van der Waals surface area contributed by atoms with Crippen molar-refractivity contribution in [1.29, 1.82) is 0 Å². The number of ether oxygens (including phenoxy) is 1. The average Bonchev–Trinajstić information content (AvgIpc) is 3.10. The summed E-state index contributed by atoms with van der Waals surface area (Å²) in [4.78, 5) is 27.1. The van der Waals surface area contributed by atoms with Crippen LogP contribution in [0.2, 0.25) is 5.02 Å². The van der Waals surface area contributed by atoms with Gasteiger partial charge in [-0.15, -0.1) is 0 Å². The molecule has 2 amide bonds. The molecule has 0 aliphatic carbocycles. The van der Waals surface area contributed by atoms with Crippen molar-refractivity contribution in [3.63, 3.8) is 0 Å². The van der Waals surface area contributed by atoms with Gasteiger partial charge in [-0.05, 0) is 56.4 Å². The molecule has 1 aromatic carbocycles. The first-order valence-electron chi connectivity index (χ1n) is 10.0. The quantitative estimate of drug-likeness (QED) is 0.813. The molecule has 0 radical (unpaired) electrons. The molecule has 0 unspecified atom stereocenters. The number of hydrogen-bond acceptors (Lipinski definition) is 4. The van der Waals surface area contributed by atoms with Gasteiger partial charge in [0.25, 0.3) is 5.91 Å². The van der Waals surface area contributed by atoms with E-state index in [1.807, 2.05) is 18.0 Å². The molecule has 0 spiro atoms. The Bertz CT molecular complexity index is 852. The van der Waals surface area contributed by atoms with Gasteiger partial charge < -0.3 is 15.0 Å². The van der Waals surface area contributed by atoms with Crippen molar-refractivity contribution < 1.29 is 14.3 Å². The molecule has 1 aliphatic rings. The minimum atomic E-state index is -0.193. The van der Waals surface area contributed by atoms with Gasteiger partial charge in [-0.25, -0.2) is 0 Å². The van der Waals surface area contributed by atoms with E-state index in [-0.39, 0.29) is 18.4 Å². The van der Waals surface area contributed by atoms with Crippen LogP contribution in [0.25, 0.3) is 0 Å². The van der Waals surface area contributed by atoms with Crippen molar-refractivity contribution in [3.05, 3.63) is 46.7 Å². The third kappa shape index (κ3) is 6.22. The van der Waals surface area contributed by atoms with Crippen LogP contribution in [-0.4, -0.2) is 52.7 Å². The second kappa shape index (κ2) is 10.3. The average molecular weight is 419 g/mol. The Morgan fingerprint density at radius 3 is 2.79 bits per heavy atom. The van der Waals surface area contributed by atoms with Gasteiger partial charge >= 0.3 is 0 Å². The number of fused-ring (bicyclic) bond motifs is 1. The fraction of sp³-hybridized carbons (Fsp3) is 0.476. The summed E-state index contributed by atoms with van der Waals surface area (Å²) in [6, 6.07) is 5.08. The first-order chi connectivity index (χ1) is 14.0. The predicted molar refractivity (Wildman–Crippen MR) is 111 cm³/mol. The zero-order valence-corrected chi connectivity index (χ0v) is 17.5. The molecule has 0 saturated heterocycles. The standard InChI is InChI=1S/C21H27ClN4O3/c1-16-13-24-26(14-16)15-20(27)25-9-3-2-8-23-21(28)18-12-17(22)6-7-19(18)29-11-5-4-10-25/h6-7,12-14H,2-5,8-11,15H2,1H3,(H,23,28). The topological polar surface area (TPSA) is 76.5 Å². The summed E-state index contributed by atoms with van der Waals surface area (Å²) in [6.45, 7) is 4.55. The number of carbonyl (C=O) groups is 2. The monoisotopic (exact) mass is 418 g/mol. The zero-order chi connectivity index (χ0) is 20.6. The maximum absolute atomic E-state index is 12.7. The Kier molecular flexibility index (Phi) is 7.52. The van der Waals surface area contributed by atoms with Gasteiger partial charge in [0.2, 0.25) is 5.91 Å². The van der Waals surface area contributed by atoms with Crippen LogP contribution in [0.3, 0.4) is 0 Å². The van der Waals surface area contributed by atoms with Gasteiger partial charge in [0.15, 0.2) is 0 Å². The van der Waals surface area contributed by atoms with Crippen molar-refractivity contribution in [2.75, 3.05) is 26.2 Å². The fourth-order valence-corrected chi connectivity index (χ4v) is 3.44. The van der Waals surface area contributed by atoms with Crippen LogP contribution in [0.1, 0.15) is 41.6 Å². The molecule has 0 fully saturated rings. The molecular weight excluding hydrogens is 392 g/mol. The molecule has 1 aromatic heterocycles. The molecule has 1 aliphatic heterocycles. The number of aromatic nitrogens is 2. The first-order valence-corrected chi connectivity index (χ1v) is 10.4. The number of aryl methyl sites for hydroxylation is 1. The molecule has 2 heterocycles. The maximum Gasteiger partial charge on any atom is 0.255 e. The van der Waals surface area contributed by atoms with E-state index in [1.54, 1.807) is 29.1 Å². The number of amides is 2. The van der Waals surface area contributed by atoms with Crippen LogP contribution < -0.4 is 10.1 Å². The highest BCUT2D eigenvalue weighted by Crippen LogP contribution is 2.23. The number of nitrogens with one attached hydrogen (secondary N) is 1. The van der Waals surface area contributed by atoms with Crippen LogP contribution in [0, 0.1) is 6.92 Å². The molecule has 29 heavy (non-hydrogen) atoms. The molecule has 0 atom stereocenters. The zero-order valence-electron chi connectivity index (χ0n) is 16.7. The van der Waals surface area contributed by atoms with E-state index < -0.39 is 0 Å². The van der Waals surface area contributed by atoms with Crippen molar-refractivity contribution in [1.82, 2.24) is 20.0 Å². The number of hydrogen-bond donors (Lipinski definition) is 1. The summed E-state index contributed by atoms with van der Waals surface area (Å²) in [5.74, 6) is 0.401. The van der Waals surface area contributed by atoms with Crippen molar-refractivity contribution in [3.8, 4) is 5.75 Å². The minimum absolute atomic E-state index is 0.0603. The van der Waals surface area contributed by atoms with Gasteiger partial charge in [-0.2, -0.15) is 5.10 Å². The highest BCUT2D eigenvalue weighted by molar-refractivity contribution is 6.31. The van der Waals surface area contributed by atoms with Gasteiger partial charge in [-0.1, -0.05) is 11.6 Å². The van der Waals surface area contributed by atoms with E-state index in [0.29, 0.717) is 42.6 Å². The lowest BCUT2D eigenvalue weighted by Crippen LogP contribution is -2.36. The molecule has 156 valence electrons. The summed E-state index contributed by atoms with van der Waals surface area (Å²) in [6.07, 6.45) is 6.85.